The Morgan fingerprint density at radius 3 is 2.64 bits per heavy atom. The molecule has 3 rings (SSSR count). The van der Waals surface area contributed by atoms with Gasteiger partial charge in [0, 0.05) is 12.0 Å². The van der Waals surface area contributed by atoms with E-state index in [4.69, 9.17) is 0 Å². The van der Waals surface area contributed by atoms with Crippen molar-refractivity contribution in [2.75, 3.05) is 0 Å². The molecule has 0 aliphatic heterocycles. The summed E-state index contributed by atoms with van der Waals surface area (Å²) in [4.78, 5) is 0. The van der Waals surface area contributed by atoms with Gasteiger partial charge in [0.2, 0.25) is 0 Å². The summed E-state index contributed by atoms with van der Waals surface area (Å²) >= 11 is 1.68. The molecule has 0 unspecified atom stereocenters. The van der Waals surface area contributed by atoms with Crippen molar-refractivity contribution in [3.63, 3.8) is 0 Å². The topological polar surface area (TPSA) is 46.0 Å². The Hall–Kier alpha value is -1.94. The number of rotatable bonds is 6. The van der Waals surface area contributed by atoms with Crippen LogP contribution in [0.1, 0.15) is 37.6 Å². The molecule has 2 aromatic carbocycles. The lowest BCUT2D eigenvalue weighted by atomic mass is 10.1. The molecular weight excluding hydrogens is 292 g/mol. The molecule has 4 heteroatoms. The number of nitrogens with zero attached hydrogens (tertiary/aromatic N) is 2. The lowest BCUT2D eigenvalue weighted by molar-refractivity contribution is 0.476. The molecule has 114 valence electrons. The minimum atomic E-state index is 0.297. The fourth-order valence-electron chi connectivity index (χ4n) is 2.54. The predicted molar refractivity (Wildman–Crippen MR) is 92.4 cm³/mol. The number of benzene rings is 2. The maximum absolute atomic E-state index is 9.52. The summed E-state index contributed by atoms with van der Waals surface area (Å²) in [5, 5.41) is 22.4. The van der Waals surface area contributed by atoms with Crippen LogP contribution in [-0.4, -0.2) is 15.3 Å². The lowest BCUT2D eigenvalue weighted by Crippen LogP contribution is -1.84. The number of hydrogen-bond acceptors (Lipinski definition) is 4. The highest BCUT2D eigenvalue weighted by molar-refractivity contribution is 7.14. The molecule has 0 atom stereocenters. The quantitative estimate of drug-likeness (QED) is 0.637. The highest BCUT2D eigenvalue weighted by Gasteiger charge is 2.07. The number of fused-ring (bicyclic) bond motifs is 1. The third-order valence-corrected chi connectivity index (χ3v) is 4.81. The summed E-state index contributed by atoms with van der Waals surface area (Å²) in [5.74, 6) is 0.297. The minimum absolute atomic E-state index is 0.297. The van der Waals surface area contributed by atoms with E-state index >= 15 is 0 Å². The number of phenols is 1. The fraction of sp³-hybridized carbons (Fsp3) is 0.333. The van der Waals surface area contributed by atoms with Gasteiger partial charge in [0.25, 0.3) is 0 Å². The van der Waals surface area contributed by atoms with Gasteiger partial charge in [0.1, 0.15) is 15.8 Å². The van der Waals surface area contributed by atoms with Crippen molar-refractivity contribution in [3.05, 3.63) is 41.4 Å². The summed E-state index contributed by atoms with van der Waals surface area (Å²) in [6.07, 6.45) is 6.04. The molecule has 1 aromatic heterocycles. The monoisotopic (exact) mass is 312 g/mol. The maximum atomic E-state index is 9.52. The molecule has 0 fully saturated rings. The first kappa shape index (κ1) is 15.0. The van der Waals surface area contributed by atoms with Crippen molar-refractivity contribution >= 4 is 22.1 Å². The number of aryl methyl sites for hydroxylation is 1. The fourth-order valence-corrected chi connectivity index (χ4v) is 3.42. The zero-order valence-corrected chi connectivity index (χ0v) is 13.6. The van der Waals surface area contributed by atoms with E-state index in [1.807, 2.05) is 18.2 Å². The van der Waals surface area contributed by atoms with Gasteiger partial charge in [-0.15, -0.1) is 10.2 Å². The van der Waals surface area contributed by atoms with Crippen molar-refractivity contribution in [1.82, 2.24) is 10.2 Å². The van der Waals surface area contributed by atoms with E-state index in [-0.39, 0.29) is 0 Å². The van der Waals surface area contributed by atoms with E-state index in [9.17, 15) is 5.11 Å². The van der Waals surface area contributed by atoms with E-state index in [0.29, 0.717) is 5.75 Å². The second kappa shape index (κ2) is 6.88. The summed E-state index contributed by atoms with van der Waals surface area (Å²) in [6.45, 7) is 2.22. The first-order valence-corrected chi connectivity index (χ1v) is 8.63. The van der Waals surface area contributed by atoms with E-state index in [1.54, 1.807) is 23.5 Å². The van der Waals surface area contributed by atoms with Gasteiger partial charge in [-0.1, -0.05) is 55.7 Å². The second-order valence-electron chi connectivity index (χ2n) is 5.56. The van der Waals surface area contributed by atoms with Crippen LogP contribution in [0.3, 0.4) is 0 Å². The molecular formula is C18H20N2OS. The summed E-state index contributed by atoms with van der Waals surface area (Å²) < 4.78 is 0. The standard InChI is InChI=1S/C18H20N2OS/c1-2-3-4-5-6-17-19-20-18(22-17)15-8-7-14-12-16(21)10-9-13(14)11-15/h7-12,21H,2-6H2,1H3. The van der Waals surface area contributed by atoms with Crippen LogP contribution in [0.4, 0.5) is 0 Å². The second-order valence-corrected chi connectivity index (χ2v) is 6.62. The van der Waals surface area contributed by atoms with Gasteiger partial charge in [-0.3, -0.25) is 0 Å². The number of hydrogen-bond donors (Lipinski definition) is 1. The lowest BCUT2D eigenvalue weighted by Gasteiger charge is -2.01. The molecule has 0 amide bonds. The zero-order chi connectivity index (χ0) is 15.4. The highest BCUT2D eigenvalue weighted by atomic mass is 32.1. The molecule has 3 aromatic rings. The number of aromatic nitrogens is 2. The first-order valence-electron chi connectivity index (χ1n) is 7.82. The Morgan fingerprint density at radius 1 is 0.955 bits per heavy atom. The summed E-state index contributed by atoms with van der Waals surface area (Å²) in [6, 6.07) is 11.6. The van der Waals surface area contributed by atoms with E-state index in [0.717, 1.165) is 32.8 Å². The van der Waals surface area contributed by atoms with E-state index in [2.05, 4.69) is 23.2 Å². The Kier molecular flexibility index (Phi) is 4.68. The normalized spacial score (nSPS) is 11.1. The molecule has 1 heterocycles. The molecule has 0 aliphatic rings. The van der Waals surface area contributed by atoms with E-state index < -0.39 is 0 Å². The molecule has 3 nitrogen and oxygen atoms in total. The average molecular weight is 312 g/mol. The van der Waals surface area contributed by atoms with Gasteiger partial charge in [-0.05, 0) is 35.4 Å². The van der Waals surface area contributed by atoms with Crippen LogP contribution in [0, 0.1) is 0 Å². The molecule has 1 N–H and O–H groups in total. The van der Waals surface area contributed by atoms with Crippen molar-refractivity contribution in [3.8, 4) is 16.3 Å². The van der Waals surface area contributed by atoms with Gasteiger partial charge in [0.05, 0.1) is 0 Å². The molecule has 0 spiro atoms. The Bertz CT molecular complexity index is 767. The van der Waals surface area contributed by atoms with Gasteiger partial charge < -0.3 is 5.11 Å². The Labute approximate surface area is 134 Å². The SMILES string of the molecule is CCCCCCc1nnc(-c2ccc3cc(O)ccc3c2)s1. The van der Waals surface area contributed by atoms with Crippen LogP contribution in [0.2, 0.25) is 0 Å². The maximum Gasteiger partial charge on any atom is 0.147 e. The van der Waals surface area contributed by atoms with Crippen LogP contribution in [-0.2, 0) is 6.42 Å². The van der Waals surface area contributed by atoms with Gasteiger partial charge >= 0.3 is 0 Å². The molecule has 0 aliphatic carbocycles. The van der Waals surface area contributed by atoms with Crippen LogP contribution in [0.25, 0.3) is 21.3 Å². The van der Waals surface area contributed by atoms with Gasteiger partial charge in [-0.25, -0.2) is 0 Å². The Balaban J connectivity index is 1.76. The number of unbranched alkanes of at least 4 members (excludes halogenated alkanes) is 3. The van der Waals surface area contributed by atoms with E-state index in [1.165, 1.54) is 25.7 Å². The van der Waals surface area contributed by atoms with Crippen LogP contribution in [0.15, 0.2) is 36.4 Å². The number of aromatic hydroxyl groups is 1. The van der Waals surface area contributed by atoms with Crippen molar-refractivity contribution in [2.45, 2.75) is 39.0 Å². The Morgan fingerprint density at radius 2 is 1.77 bits per heavy atom. The highest BCUT2D eigenvalue weighted by Crippen LogP contribution is 2.29. The summed E-state index contributed by atoms with van der Waals surface area (Å²) in [7, 11) is 0. The first-order chi connectivity index (χ1) is 10.8. The molecule has 0 bridgehead atoms. The predicted octanol–water partition coefficient (Wildman–Crippen LogP) is 5.19. The van der Waals surface area contributed by atoms with Gasteiger partial charge in [0.15, 0.2) is 0 Å². The molecule has 0 radical (unpaired) electrons. The van der Waals surface area contributed by atoms with Gasteiger partial charge in [-0.2, -0.15) is 0 Å². The van der Waals surface area contributed by atoms with Crippen molar-refractivity contribution in [1.29, 1.82) is 0 Å². The van der Waals surface area contributed by atoms with Crippen molar-refractivity contribution < 1.29 is 5.11 Å². The molecule has 0 saturated carbocycles. The zero-order valence-electron chi connectivity index (χ0n) is 12.7. The van der Waals surface area contributed by atoms with Crippen LogP contribution >= 0.6 is 11.3 Å². The van der Waals surface area contributed by atoms with Crippen molar-refractivity contribution in [2.24, 2.45) is 0 Å². The third kappa shape index (κ3) is 3.45. The largest absolute Gasteiger partial charge is 0.508 e. The average Bonchev–Trinajstić information content (AvgIpc) is 3.00. The molecule has 22 heavy (non-hydrogen) atoms. The third-order valence-electron chi connectivity index (χ3n) is 3.78. The van der Waals surface area contributed by atoms with Crippen LogP contribution < -0.4 is 0 Å². The minimum Gasteiger partial charge on any atom is -0.508 e. The summed E-state index contributed by atoms with van der Waals surface area (Å²) in [5.41, 5.74) is 1.09. The number of phenolic OH excluding ortho intramolecular Hbond substituents is 1. The molecule has 0 saturated heterocycles. The van der Waals surface area contributed by atoms with Crippen LogP contribution in [0.5, 0.6) is 5.75 Å². The smallest absolute Gasteiger partial charge is 0.147 e.